The number of hydrogen-bond donors (Lipinski definition) is 1. The van der Waals surface area contributed by atoms with E-state index >= 15 is 0 Å². The van der Waals surface area contributed by atoms with Crippen molar-refractivity contribution in [2.45, 2.75) is 22.7 Å². The van der Waals surface area contributed by atoms with E-state index in [1.165, 1.54) is 23.3 Å². The molecule has 1 aromatic heterocycles. The molecule has 0 atom stereocenters. The number of aromatic nitrogens is 2. The highest BCUT2D eigenvalue weighted by molar-refractivity contribution is 8.02. The van der Waals surface area contributed by atoms with E-state index in [9.17, 15) is 8.42 Å². The molecule has 1 heterocycles. The maximum Gasteiger partial charge on any atom is 0.179 e. The van der Waals surface area contributed by atoms with Gasteiger partial charge in [-0.05, 0) is 36.2 Å². The summed E-state index contributed by atoms with van der Waals surface area (Å²) in [4.78, 5) is 4.52. The molecule has 0 amide bonds. The van der Waals surface area contributed by atoms with Crippen LogP contribution in [0.5, 0.6) is 0 Å². The Hall–Kier alpha value is -0.960. The van der Waals surface area contributed by atoms with Crippen LogP contribution in [0.25, 0.3) is 0 Å². The van der Waals surface area contributed by atoms with E-state index in [-0.39, 0.29) is 5.75 Å². The summed E-state index contributed by atoms with van der Waals surface area (Å²) in [6.45, 7) is 2.23. The number of sulfone groups is 1. The summed E-state index contributed by atoms with van der Waals surface area (Å²) in [7, 11) is -3.25. The molecule has 2 rings (SSSR count). The van der Waals surface area contributed by atoms with Crippen molar-refractivity contribution >= 4 is 33.1 Å². The maximum atomic E-state index is 12.2. The number of thioether (sulfide) groups is 1. The van der Waals surface area contributed by atoms with Crippen LogP contribution in [0.4, 0.5) is 0 Å². The lowest BCUT2D eigenvalue weighted by Gasteiger charge is -2.04. The van der Waals surface area contributed by atoms with Crippen molar-refractivity contribution in [2.24, 2.45) is 5.73 Å². The van der Waals surface area contributed by atoms with Crippen LogP contribution in [0.1, 0.15) is 11.4 Å². The van der Waals surface area contributed by atoms with Gasteiger partial charge in [0, 0.05) is 12.3 Å². The van der Waals surface area contributed by atoms with Gasteiger partial charge in [-0.1, -0.05) is 23.9 Å². The van der Waals surface area contributed by atoms with Gasteiger partial charge in [-0.25, -0.2) is 13.4 Å². The van der Waals surface area contributed by atoms with Crippen molar-refractivity contribution in [3.63, 3.8) is 0 Å². The minimum absolute atomic E-state index is 0.0816. The highest BCUT2D eigenvalue weighted by Crippen LogP contribution is 2.21. The zero-order valence-corrected chi connectivity index (χ0v) is 13.4. The van der Waals surface area contributed by atoms with Crippen LogP contribution in [0.2, 0.25) is 0 Å². The van der Waals surface area contributed by atoms with E-state index in [0.29, 0.717) is 17.2 Å². The minimum Gasteiger partial charge on any atom is -0.326 e. The first-order valence-corrected chi connectivity index (χ1v) is 9.37. The summed E-state index contributed by atoms with van der Waals surface area (Å²) in [6, 6.07) is 6.71. The summed E-state index contributed by atoms with van der Waals surface area (Å²) >= 11 is 2.71. The Balaban J connectivity index is 1.96. The number of aryl methyl sites for hydroxylation is 1. The van der Waals surface area contributed by atoms with Gasteiger partial charge in [0.05, 0.1) is 10.6 Å². The van der Waals surface area contributed by atoms with Crippen LogP contribution in [-0.2, 0) is 16.4 Å². The molecule has 0 saturated carbocycles. The quantitative estimate of drug-likeness (QED) is 0.814. The molecule has 8 heteroatoms. The number of rotatable bonds is 6. The van der Waals surface area contributed by atoms with Gasteiger partial charge in [-0.2, -0.15) is 4.37 Å². The van der Waals surface area contributed by atoms with Crippen molar-refractivity contribution in [2.75, 3.05) is 11.5 Å². The third-order valence-corrected chi connectivity index (χ3v) is 6.52. The van der Waals surface area contributed by atoms with Crippen LogP contribution in [0.15, 0.2) is 33.5 Å². The largest absolute Gasteiger partial charge is 0.326 e. The molecule has 0 spiro atoms. The first-order chi connectivity index (χ1) is 9.51. The lowest BCUT2D eigenvalue weighted by Crippen LogP contribution is -2.09. The highest BCUT2D eigenvalue weighted by atomic mass is 32.2. The summed E-state index contributed by atoms with van der Waals surface area (Å²) in [5, 5.41) is 0. The van der Waals surface area contributed by atoms with E-state index < -0.39 is 9.84 Å². The maximum absolute atomic E-state index is 12.2. The fourth-order valence-corrected chi connectivity index (χ4v) is 4.89. The Morgan fingerprint density at radius 3 is 2.55 bits per heavy atom. The predicted octanol–water partition coefficient (Wildman–Crippen LogP) is 1.87. The molecule has 2 aromatic rings. The van der Waals surface area contributed by atoms with E-state index in [2.05, 4.69) is 9.36 Å². The molecule has 5 nitrogen and oxygen atoms in total. The zero-order chi connectivity index (χ0) is 14.6. The van der Waals surface area contributed by atoms with Gasteiger partial charge >= 0.3 is 0 Å². The molecule has 0 radical (unpaired) electrons. The number of nitrogens with two attached hydrogens (primary N) is 1. The SMILES string of the molecule is Cc1nsc(SCCS(=O)(=O)c2ccc(CN)cc2)n1. The van der Waals surface area contributed by atoms with Gasteiger partial charge in [0.2, 0.25) is 0 Å². The van der Waals surface area contributed by atoms with Gasteiger partial charge in [-0.15, -0.1) is 0 Å². The second-order valence-electron chi connectivity index (χ2n) is 4.12. The molecule has 0 unspecified atom stereocenters. The molecule has 20 heavy (non-hydrogen) atoms. The summed E-state index contributed by atoms with van der Waals surface area (Å²) in [5.74, 6) is 1.27. The molecule has 1 aromatic carbocycles. The van der Waals surface area contributed by atoms with Crippen LogP contribution in [-0.4, -0.2) is 29.3 Å². The second kappa shape index (κ2) is 6.66. The van der Waals surface area contributed by atoms with Crippen molar-refractivity contribution in [1.29, 1.82) is 0 Å². The van der Waals surface area contributed by atoms with Gasteiger partial charge in [-0.3, -0.25) is 0 Å². The van der Waals surface area contributed by atoms with Crippen LogP contribution >= 0.6 is 23.3 Å². The number of benzene rings is 1. The lowest BCUT2D eigenvalue weighted by atomic mass is 10.2. The fraction of sp³-hybridized carbons (Fsp3) is 0.333. The smallest absolute Gasteiger partial charge is 0.179 e. The molecule has 0 aliphatic heterocycles. The zero-order valence-electron chi connectivity index (χ0n) is 10.9. The Morgan fingerprint density at radius 1 is 1.30 bits per heavy atom. The monoisotopic (exact) mass is 329 g/mol. The molecule has 0 bridgehead atoms. The van der Waals surface area contributed by atoms with Crippen molar-refractivity contribution < 1.29 is 8.42 Å². The summed E-state index contributed by atoms with van der Waals surface area (Å²) < 4.78 is 29.2. The van der Waals surface area contributed by atoms with Gasteiger partial charge < -0.3 is 5.73 Å². The average Bonchev–Trinajstić information content (AvgIpc) is 2.84. The molecule has 108 valence electrons. The van der Waals surface area contributed by atoms with E-state index in [1.807, 2.05) is 6.92 Å². The Kier molecular flexibility index (Phi) is 5.14. The molecule has 0 aliphatic carbocycles. The molecule has 0 aliphatic rings. The van der Waals surface area contributed by atoms with Crippen LogP contribution in [0.3, 0.4) is 0 Å². The molecule has 0 saturated heterocycles. The van der Waals surface area contributed by atoms with E-state index in [0.717, 1.165) is 15.7 Å². The number of nitrogens with zero attached hydrogens (tertiary/aromatic N) is 2. The Bertz CT molecular complexity index is 666. The van der Waals surface area contributed by atoms with Crippen LogP contribution in [0, 0.1) is 6.92 Å². The van der Waals surface area contributed by atoms with Gasteiger partial charge in [0.25, 0.3) is 0 Å². The molecule has 2 N–H and O–H groups in total. The number of hydrogen-bond acceptors (Lipinski definition) is 7. The third-order valence-electron chi connectivity index (χ3n) is 2.60. The average molecular weight is 329 g/mol. The van der Waals surface area contributed by atoms with Crippen molar-refractivity contribution in [1.82, 2.24) is 9.36 Å². The predicted molar refractivity (Wildman–Crippen MR) is 81.8 cm³/mol. The van der Waals surface area contributed by atoms with Crippen molar-refractivity contribution in [3.8, 4) is 0 Å². The molecule has 0 fully saturated rings. The first kappa shape index (κ1) is 15.4. The van der Waals surface area contributed by atoms with Crippen LogP contribution < -0.4 is 5.73 Å². The lowest BCUT2D eigenvalue weighted by molar-refractivity contribution is 0.597. The Labute approximate surface area is 126 Å². The normalized spacial score (nSPS) is 11.7. The minimum atomic E-state index is -3.25. The second-order valence-corrected chi connectivity index (χ2v) is 8.33. The molecular formula is C12H15N3O2S3. The fourth-order valence-electron chi connectivity index (χ4n) is 1.53. The topological polar surface area (TPSA) is 85.9 Å². The van der Waals surface area contributed by atoms with E-state index in [4.69, 9.17) is 5.73 Å². The van der Waals surface area contributed by atoms with Gasteiger partial charge in [0.15, 0.2) is 14.2 Å². The van der Waals surface area contributed by atoms with E-state index in [1.54, 1.807) is 24.3 Å². The standard InChI is InChI=1S/C12H15N3O2S3/c1-9-14-12(19-15-9)18-6-7-20(16,17)11-4-2-10(8-13)3-5-11/h2-5H,6-8,13H2,1H3. The van der Waals surface area contributed by atoms with Gasteiger partial charge in [0.1, 0.15) is 5.82 Å². The summed E-state index contributed by atoms with van der Waals surface area (Å²) in [5.41, 5.74) is 6.41. The Morgan fingerprint density at radius 2 is 2.00 bits per heavy atom. The highest BCUT2D eigenvalue weighted by Gasteiger charge is 2.14. The van der Waals surface area contributed by atoms with Crippen molar-refractivity contribution in [3.05, 3.63) is 35.7 Å². The third kappa shape index (κ3) is 4.02. The molecular weight excluding hydrogens is 314 g/mol. The first-order valence-electron chi connectivity index (χ1n) is 5.96. The summed E-state index contributed by atoms with van der Waals surface area (Å²) in [6.07, 6.45) is 0.